The Bertz CT molecular complexity index is 924. The summed E-state index contributed by atoms with van der Waals surface area (Å²) in [5.41, 5.74) is 2.20. The summed E-state index contributed by atoms with van der Waals surface area (Å²) in [5.74, 6) is -1.94. The highest BCUT2D eigenvalue weighted by atomic mass is 19.4. The Labute approximate surface area is 190 Å². The highest BCUT2D eigenvalue weighted by Crippen LogP contribution is 2.49. The highest BCUT2D eigenvalue weighted by molar-refractivity contribution is 5.79. The molecule has 0 radical (unpaired) electrons. The van der Waals surface area contributed by atoms with Gasteiger partial charge < -0.3 is 14.7 Å². The maximum atomic E-state index is 12.8. The molecule has 6 nitrogen and oxygen atoms in total. The molecule has 1 saturated carbocycles. The van der Waals surface area contributed by atoms with Gasteiger partial charge in [-0.1, -0.05) is 42.8 Å². The quantitative estimate of drug-likeness (QED) is 0.696. The van der Waals surface area contributed by atoms with E-state index in [1.54, 1.807) is 6.20 Å². The zero-order chi connectivity index (χ0) is 23.9. The second-order valence-electron chi connectivity index (χ2n) is 8.50. The minimum absolute atomic E-state index is 0.140. The van der Waals surface area contributed by atoms with Crippen molar-refractivity contribution in [1.82, 2.24) is 9.88 Å². The van der Waals surface area contributed by atoms with Gasteiger partial charge in [-0.25, -0.2) is 4.79 Å². The molecule has 2 fully saturated rings. The Hall–Kier alpha value is -2.94. The van der Waals surface area contributed by atoms with Crippen molar-refractivity contribution in [3.05, 3.63) is 66.0 Å². The molecule has 1 N–H and O–H groups in total. The Morgan fingerprint density at radius 3 is 2.48 bits per heavy atom. The molecule has 178 valence electrons. The minimum Gasteiger partial charge on any atom is -0.475 e. The van der Waals surface area contributed by atoms with Gasteiger partial charge in [0.05, 0.1) is 25.3 Å². The minimum atomic E-state index is -5.08. The highest BCUT2D eigenvalue weighted by Gasteiger charge is 2.50. The van der Waals surface area contributed by atoms with Gasteiger partial charge in [-0.2, -0.15) is 13.2 Å². The van der Waals surface area contributed by atoms with Gasteiger partial charge >= 0.3 is 12.1 Å². The third kappa shape index (κ3) is 6.77. The first-order valence-corrected chi connectivity index (χ1v) is 10.8. The number of carbonyl (C=O) groups excluding carboxylic acids is 1. The summed E-state index contributed by atoms with van der Waals surface area (Å²) in [5, 5.41) is 7.12. The maximum Gasteiger partial charge on any atom is 0.490 e. The third-order valence-electron chi connectivity index (χ3n) is 6.20. The first-order valence-electron chi connectivity index (χ1n) is 10.8. The van der Waals surface area contributed by atoms with Gasteiger partial charge in [0.1, 0.15) is 0 Å². The SMILES string of the molecule is O=C(Cc1ccccc1)N1C[C@H]2CCC[C@@]2(COCc2ccccn2)C1.O=C(O)C(F)(F)F. The van der Waals surface area contributed by atoms with Crippen molar-refractivity contribution in [3.63, 3.8) is 0 Å². The van der Waals surface area contributed by atoms with Gasteiger partial charge in [0.25, 0.3) is 0 Å². The van der Waals surface area contributed by atoms with Crippen molar-refractivity contribution < 1.29 is 32.6 Å². The normalized spacial score (nSPS) is 21.8. The fourth-order valence-electron chi connectivity index (χ4n) is 4.56. The van der Waals surface area contributed by atoms with Crippen LogP contribution < -0.4 is 0 Å². The van der Waals surface area contributed by atoms with E-state index < -0.39 is 12.1 Å². The molecule has 33 heavy (non-hydrogen) atoms. The van der Waals surface area contributed by atoms with Gasteiger partial charge in [-0.15, -0.1) is 0 Å². The Balaban J connectivity index is 0.000000383. The molecular weight excluding hydrogens is 437 g/mol. The monoisotopic (exact) mass is 464 g/mol. The average Bonchev–Trinajstić information content (AvgIpc) is 3.32. The smallest absolute Gasteiger partial charge is 0.475 e. The lowest BCUT2D eigenvalue weighted by atomic mass is 9.81. The number of hydrogen-bond acceptors (Lipinski definition) is 4. The van der Waals surface area contributed by atoms with Crippen LogP contribution in [-0.2, 0) is 27.4 Å². The van der Waals surface area contributed by atoms with E-state index in [2.05, 4.69) is 9.88 Å². The van der Waals surface area contributed by atoms with Crippen LogP contribution in [0, 0.1) is 11.3 Å². The number of alkyl halides is 3. The van der Waals surface area contributed by atoms with Crippen molar-refractivity contribution in [2.75, 3.05) is 19.7 Å². The molecule has 1 saturated heterocycles. The molecule has 1 aliphatic heterocycles. The molecule has 1 aliphatic carbocycles. The second-order valence-corrected chi connectivity index (χ2v) is 8.50. The lowest BCUT2D eigenvalue weighted by molar-refractivity contribution is -0.192. The summed E-state index contributed by atoms with van der Waals surface area (Å²) in [6, 6.07) is 15.9. The molecule has 2 aromatic rings. The van der Waals surface area contributed by atoms with E-state index >= 15 is 0 Å². The van der Waals surface area contributed by atoms with E-state index in [0.717, 1.165) is 37.4 Å². The molecule has 1 aromatic heterocycles. The van der Waals surface area contributed by atoms with E-state index in [4.69, 9.17) is 14.6 Å². The number of rotatable bonds is 6. The second kappa shape index (κ2) is 10.8. The Morgan fingerprint density at radius 2 is 1.85 bits per heavy atom. The topological polar surface area (TPSA) is 79.7 Å². The lowest BCUT2D eigenvalue weighted by Crippen LogP contribution is -2.35. The lowest BCUT2D eigenvalue weighted by Gasteiger charge is -2.28. The number of fused-ring (bicyclic) bond motifs is 1. The van der Waals surface area contributed by atoms with E-state index in [9.17, 15) is 18.0 Å². The summed E-state index contributed by atoms with van der Waals surface area (Å²) < 4.78 is 37.8. The summed E-state index contributed by atoms with van der Waals surface area (Å²) in [7, 11) is 0. The number of carboxylic acid groups (broad SMARTS) is 1. The number of benzene rings is 1. The van der Waals surface area contributed by atoms with Gasteiger partial charge in [0, 0.05) is 24.7 Å². The number of nitrogens with zero attached hydrogens (tertiary/aromatic N) is 2. The van der Waals surface area contributed by atoms with Crippen molar-refractivity contribution in [3.8, 4) is 0 Å². The molecule has 2 heterocycles. The van der Waals surface area contributed by atoms with Crippen LogP contribution in [-0.4, -0.2) is 52.7 Å². The number of carbonyl (C=O) groups is 2. The zero-order valence-corrected chi connectivity index (χ0v) is 18.1. The number of amides is 1. The summed E-state index contributed by atoms with van der Waals surface area (Å²) >= 11 is 0. The maximum absolute atomic E-state index is 12.8. The van der Waals surface area contributed by atoms with Crippen molar-refractivity contribution in [2.45, 2.75) is 38.5 Å². The van der Waals surface area contributed by atoms with Crippen molar-refractivity contribution >= 4 is 11.9 Å². The average molecular weight is 464 g/mol. The van der Waals surface area contributed by atoms with E-state index in [1.165, 1.54) is 12.8 Å². The van der Waals surface area contributed by atoms with Gasteiger partial charge in [-0.3, -0.25) is 9.78 Å². The van der Waals surface area contributed by atoms with E-state index in [0.29, 0.717) is 18.9 Å². The predicted molar refractivity (Wildman–Crippen MR) is 114 cm³/mol. The molecular formula is C24H27F3N2O4. The predicted octanol–water partition coefficient (Wildman–Crippen LogP) is 4.10. The van der Waals surface area contributed by atoms with E-state index in [-0.39, 0.29) is 11.3 Å². The first-order chi connectivity index (χ1) is 15.7. The van der Waals surface area contributed by atoms with Gasteiger partial charge in [-0.05, 0) is 36.5 Å². The van der Waals surface area contributed by atoms with Crippen LogP contribution in [0.15, 0.2) is 54.7 Å². The zero-order valence-electron chi connectivity index (χ0n) is 18.1. The Kier molecular flexibility index (Phi) is 8.07. The molecule has 2 aliphatic rings. The number of ether oxygens (including phenoxy) is 1. The molecule has 1 amide bonds. The number of carboxylic acids is 1. The number of likely N-dealkylation sites (tertiary alicyclic amines) is 1. The third-order valence-corrected chi connectivity index (χ3v) is 6.20. The summed E-state index contributed by atoms with van der Waals surface area (Å²) in [4.78, 5) is 28.1. The van der Waals surface area contributed by atoms with Gasteiger partial charge in [0.15, 0.2) is 0 Å². The van der Waals surface area contributed by atoms with Crippen LogP contribution in [0.3, 0.4) is 0 Å². The number of halogens is 3. The number of aromatic nitrogens is 1. The largest absolute Gasteiger partial charge is 0.490 e. The van der Waals surface area contributed by atoms with E-state index in [1.807, 2.05) is 48.5 Å². The molecule has 0 unspecified atom stereocenters. The van der Waals surface area contributed by atoms with Crippen LogP contribution in [0.5, 0.6) is 0 Å². The molecule has 9 heteroatoms. The van der Waals surface area contributed by atoms with Crippen molar-refractivity contribution in [2.24, 2.45) is 11.3 Å². The molecule has 2 atom stereocenters. The Morgan fingerprint density at radius 1 is 1.15 bits per heavy atom. The summed E-state index contributed by atoms with van der Waals surface area (Å²) in [6.07, 6.45) is 0.836. The first kappa shape index (κ1) is 24.7. The van der Waals surface area contributed by atoms with Crippen LogP contribution in [0.2, 0.25) is 0 Å². The standard InChI is InChI=1S/C22H26N2O2.C2HF3O2/c25-21(13-18-7-2-1-3-8-18)24-14-19-9-6-11-22(19,16-24)17-26-15-20-10-4-5-12-23-20;3-2(4,5)1(6)7/h1-5,7-8,10,12,19H,6,9,11,13-17H2;(H,6,7)/t19-,22+;/m1./s1. The van der Waals surface area contributed by atoms with Gasteiger partial charge in [0.2, 0.25) is 5.91 Å². The number of aliphatic carboxylic acids is 1. The molecule has 0 spiro atoms. The summed E-state index contributed by atoms with van der Waals surface area (Å²) in [6.45, 7) is 3.00. The van der Waals surface area contributed by atoms with Crippen LogP contribution in [0.1, 0.15) is 30.5 Å². The molecule has 4 rings (SSSR count). The van der Waals surface area contributed by atoms with Crippen LogP contribution in [0.25, 0.3) is 0 Å². The number of pyridine rings is 1. The van der Waals surface area contributed by atoms with Crippen LogP contribution in [0.4, 0.5) is 13.2 Å². The van der Waals surface area contributed by atoms with Crippen LogP contribution >= 0.6 is 0 Å². The fourth-order valence-corrected chi connectivity index (χ4v) is 4.56. The van der Waals surface area contributed by atoms with Crippen molar-refractivity contribution in [1.29, 1.82) is 0 Å². The number of hydrogen-bond donors (Lipinski definition) is 1. The molecule has 1 aromatic carbocycles. The fraction of sp³-hybridized carbons (Fsp3) is 0.458. The molecule has 0 bridgehead atoms.